The largest absolute Gasteiger partial charge is 0.494 e. The number of benzene rings is 1. The van der Waals surface area contributed by atoms with E-state index in [1.807, 2.05) is 27.8 Å². The fourth-order valence-electron chi connectivity index (χ4n) is 3.69. The first-order valence-corrected chi connectivity index (χ1v) is 10.3. The summed E-state index contributed by atoms with van der Waals surface area (Å²) in [7, 11) is 3.30. The van der Waals surface area contributed by atoms with E-state index in [1.165, 1.54) is 0 Å². The average molecular weight is 405 g/mol. The molecule has 0 N–H and O–H groups in total. The van der Waals surface area contributed by atoms with Crippen LogP contribution in [-0.4, -0.2) is 92.3 Å². The summed E-state index contributed by atoms with van der Waals surface area (Å²) in [4.78, 5) is 17.5. The third-order valence-electron chi connectivity index (χ3n) is 5.23. The molecule has 0 unspecified atom stereocenters. The highest BCUT2D eigenvalue weighted by Crippen LogP contribution is 2.29. The number of hydrogen-bond donors (Lipinski definition) is 0. The first kappa shape index (κ1) is 21.5. The summed E-state index contributed by atoms with van der Waals surface area (Å²) in [6, 6.07) is 5.77. The Morgan fingerprint density at radius 2 is 2.00 bits per heavy atom. The van der Waals surface area contributed by atoms with E-state index >= 15 is 0 Å². The van der Waals surface area contributed by atoms with Crippen molar-refractivity contribution in [3.05, 3.63) is 23.9 Å². The van der Waals surface area contributed by atoms with Crippen molar-refractivity contribution in [2.24, 2.45) is 0 Å². The van der Waals surface area contributed by atoms with E-state index in [1.54, 1.807) is 14.2 Å². The fraction of sp³-hybridized carbons (Fsp3) is 0.619. The second-order valence-corrected chi connectivity index (χ2v) is 7.17. The summed E-state index contributed by atoms with van der Waals surface area (Å²) < 4.78 is 18.1. The van der Waals surface area contributed by atoms with Crippen molar-refractivity contribution in [1.29, 1.82) is 0 Å². The molecule has 8 nitrogen and oxygen atoms in total. The molecule has 29 heavy (non-hydrogen) atoms. The number of morpholine rings is 1. The van der Waals surface area contributed by atoms with E-state index < -0.39 is 0 Å². The number of aromatic nitrogens is 2. The Morgan fingerprint density at radius 3 is 2.69 bits per heavy atom. The maximum absolute atomic E-state index is 13.3. The molecule has 160 valence electrons. The molecule has 8 heteroatoms. The molecular formula is C21H32N4O4. The minimum Gasteiger partial charge on any atom is -0.494 e. The van der Waals surface area contributed by atoms with Gasteiger partial charge in [0.05, 0.1) is 33.5 Å². The number of para-hydroxylation sites is 1. The predicted molar refractivity (Wildman–Crippen MR) is 112 cm³/mol. The van der Waals surface area contributed by atoms with Crippen molar-refractivity contribution in [2.45, 2.75) is 19.9 Å². The van der Waals surface area contributed by atoms with Gasteiger partial charge in [0, 0.05) is 45.2 Å². The van der Waals surface area contributed by atoms with Crippen LogP contribution in [0.5, 0.6) is 5.75 Å². The second-order valence-electron chi connectivity index (χ2n) is 7.17. The van der Waals surface area contributed by atoms with Crippen LogP contribution in [0.2, 0.25) is 0 Å². The maximum atomic E-state index is 13.3. The van der Waals surface area contributed by atoms with Gasteiger partial charge < -0.3 is 19.1 Å². The van der Waals surface area contributed by atoms with Gasteiger partial charge in [0.25, 0.3) is 5.91 Å². The van der Waals surface area contributed by atoms with Crippen LogP contribution in [0.4, 0.5) is 0 Å². The van der Waals surface area contributed by atoms with Gasteiger partial charge in [0.1, 0.15) is 11.3 Å². The number of carbonyl (C=O) groups excluding carboxylic acids is 1. The summed E-state index contributed by atoms with van der Waals surface area (Å²) in [6.07, 6.45) is 0.883. The monoisotopic (exact) mass is 404 g/mol. The normalized spacial score (nSPS) is 15.0. The highest BCUT2D eigenvalue weighted by Gasteiger charge is 2.24. The van der Waals surface area contributed by atoms with Crippen LogP contribution in [0, 0.1) is 0 Å². The third kappa shape index (κ3) is 5.07. The smallest absolute Gasteiger partial charge is 0.275 e. The number of nitrogens with zero attached hydrogens (tertiary/aromatic N) is 4. The van der Waals surface area contributed by atoms with Crippen molar-refractivity contribution in [1.82, 2.24) is 19.6 Å². The zero-order valence-electron chi connectivity index (χ0n) is 17.7. The Morgan fingerprint density at radius 1 is 1.21 bits per heavy atom. The van der Waals surface area contributed by atoms with Gasteiger partial charge in [-0.15, -0.1) is 0 Å². The lowest BCUT2D eigenvalue weighted by Crippen LogP contribution is -2.38. The summed E-state index contributed by atoms with van der Waals surface area (Å²) in [5.74, 6) is 0.669. The van der Waals surface area contributed by atoms with Gasteiger partial charge in [-0.05, 0) is 12.5 Å². The number of hydrogen-bond acceptors (Lipinski definition) is 6. The topological polar surface area (TPSA) is 69.1 Å². The van der Waals surface area contributed by atoms with Gasteiger partial charge in [-0.2, -0.15) is 5.10 Å². The van der Waals surface area contributed by atoms with E-state index in [9.17, 15) is 4.79 Å². The van der Waals surface area contributed by atoms with Gasteiger partial charge in [-0.1, -0.05) is 19.1 Å². The van der Waals surface area contributed by atoms with Gasteiger partial charge >= 0.3 is 0 Å². The van der Waals surface area contributed by atoms with E-state index in [4.69, 9.17) is 19.3 Å². The number of ether oxygens (including phenoxy) is 3. The molecule has 1 amide bonds. The van der Waals surface area contributed by atoms with Crippen LogP contribution in [0.1, 0.15) is 23.8 Å². The van der Waals surface area contributed by atoms with Gasteiger partial charge in [0.15, 0.2) is 5.69 Å². The van der Waals surface area contributed by atoms with E-state index in [-0.39, 0.29) is 5.91 Å². The molecule has 3 rings (SSSR count). The first-order chi connectivity index (χ1) is 14.2. The van der Waals surface area contributed by atoms with Gasteiger partial charge in [0.2, 0.25) is 0 Å². The third-order valence-corrected chi connectivity index (χ3v) is 5.23. The highest BCUT2D eigenvalue weighted by molar-refractivity contribution is 6.06. The zero-order chi connectivity index (χ0) is 20.6. The number of methoxy groups -OCH3 is 2. The maximum Gasteiger partial charge on any atom is 0.275 e. The Hall–Kier alpha value is -2.16. The van der Waals surface area contributed by atoms with E-state index in [2.05, 4.69) is 11.8 Å². The lowest BCUT2D eigenvalue weighted by molar-refractivity contribution is 0.0361. The molecule has 1 aromatic carbocycles. The molecule has 0 atom stereocenters. The van der Waals surface area contributed by atoms with Gasteiger partial charge in [-0.25, -0.2) is 0 Å². The molecule has 0 spiro atoms. The van der Waals surface area contributed by atoms with Crippen molar-refractivity contribution in [3.8, 4) is 5.75 Å². The second kappa shape index (κ2) is 10.6. The SMILES string of the molecule is CCCN(CCOC)C(=O)c1nn(CCN2CCOCC2)c2c(OC)cccc12. The Labute approximate surface area is 172 Å². The summed E-state index contributed by atoms with van der Waals surface area (Å²) in [5, 5.41) is 5.57. The lowest BCUT2D eigenvalue weighted by Gasteiger charge is -2.26. The number of fused-ring (bicyclic) bond motifs is 1. The average Bonchev–Trinajstić information content (AvgIpc) is 3.14. The van der Waals surface area contributed by atoms with Crippen LogP contribution in [-0.2, 0) is 16.0 Å². The standard InChI is InChI=1S/C21H32N4O4/c1-4-8-24(13-14-27-2)21(26)19-17-6-5-7-18(28-3)20(17)25(22-19)10-9-23-11-15-29-16-12-23/h5-7H,4,8-16H2,1-3H3. The minimum atomic E-state index is -0.0627. The highest BCUT2D eigenvalue weighted by atomic mass is 16.5. The molecule has 1 saturated heterocycles. The molecule has 0 bridgehead atoms. The van der Waals surface area contributed by atoms with E-state index in [0.717, 1.165) is 55.9 Å². The molecule has 0 radical (unpaired) electrons. The summed E-state index contributed by atoms with van der Waals surface area (Å²) >= 11 is 0. The van der Waals surface area contributed by atoms with Crippen molar-refractivity contribution in [2.75, 3.05) is 66.8 Å². The quantitative estimate of drug-likeness (QED) is 0.602. The number of carbonyl (C=O) groups is 1. The molecule has 2 heterocycles. The molecule has 1 aliphatic heterocycles. The fourth-order valence-corrected chi connectivity index (χ4v) is 3.69. The zero-order valence-corrected chi connectivity index (χ0v) is 17.7. The molecule has 2 aromatic rings. The van der Waals surface area contributed by atoms with Crippen LogP contribution in [0.3, 0.4) is 0 Å². The Balaban J connectivity index is 1.91. The van der Waals surface area contributed by atoms with Crippen molar-refractivity contribution < 1.29 is 19.0 Å². The Kier molecular flexibility index (Phi) is 7.85. The van der Waals surface area contributed by atoms with Crippen molar-refractivity contribution in [3.63, 3.8) is 0 Å². The predicted octanol–water partition coefficient (Wildman–Crippen LogP) is 1.88. The molecule has 1 aliphatic rings. The molecule has 0 aliphatic carbocycles. The molecule has 0 saturated carbocycles. The summed E-state index contributed by atoms with van der Waals surface area (Å²) in [6.45, 7) is 8.71. The van der Waals surface area contributed by atoms with Crippen LogP contribution in [0.25, 0.3) is 10.9 Å². The number of amides is 1. The minimum absolute atomic E-state index is 0.0627. The molecule has 1 aromatic heterocycles. The van der Waals surface area contributed by atoms with Crippen molar-refractivity contribution >= 4 is 16.8 Å². The van der Waals surface area contributed by atoms with Gasteiger partial charge in [-0.3, -0.25) is 14.4 Å². The van der Waals surface area contributed by atoms with Crippen LogP contribution < -0.4 is 4.74 Å². The van der Waals surface area contributed by atoms with E-state index in [0.29, 0.717) is 31.9 Å². The lowest BCUT2D eigenvalue weighted by atomic mass is 10.1. The number of rotatable bonds is 10. The molecule has 1 fully saturated rings. The first-order valence-electron chi connectivity index (χ1n) is 10.3. The summed E-state index contributed by atoms with van der Waals surface area (Å²) in [5.41, 5.74) is 1.35. The Bertz CT molecular complexity index is 801. The molecular weight excluding hydrogens is 372 g/mol. The van der Waals surface area contributed by atoms with Crippen LogP contribution >= 0.6 is 0 Å². The van der Waals surface area contributed by atoms with Crippen LogP contribution in [0.15, 0.2) is 18.2 Å².